The lowest BCUT2D eigenvalue weighted by atomic mass is 10.1. The normalized spacial score (nSPS) is 13.7. The molecule has 0 aliphatic heterocycles. The van der Waals surface area contributed by atoms with Gasteiger partial charge in [0.1, 0.15) is 18.7 Å². The van der Waals surface area contributed by atoms with Crippen molar-refractivity contribution in [2.75, 3.05) is 62.3 Å². The summed E-state index contributed by atoms with van der Waals surface area (Å²) in [5.74, 6) is 0.231. The van der Waals surface area contributed by atoms with Gasteiger partial charge in [-0.05, 0) is 32.4 Å². The van der Waals surface area contributed by atoms with Crippen molar-refractivity contribution in [1.29, 1.82) is 0 Å². The van der Waals surface area contributed by atoms with Gasteiger partial charge in [-0.15, -0.1) is 34.5 Å². The maximum absolute atomic E-state index is 13.0. The molecule has 2 rings (SSSR count). The van der Waals surface area contributed by atoms with Crippen LogP contribution in [-0.2, 0) is 34.4 Å². The molecule has 2 N–H and O–H groups in total. The van der Waals surface area contributed by atoms with Crippen LogP contribution in [0.2, 0.25) is 0 Å². The summed E-state index contributed by atoms with van der Waals surface area (Å²) < 4.78 is 39.8. The molecule has 286 valence electrons. The lowest BCUT2D eigenvalue weighted by Gasteiger charge is -2.30. The van der Waals surface area contributed by atoms with E-state index >= 15 is 0 Å². The summed E-state index contributed by atoms with van der Waals surface area (Å²) in [7, 11) is -5.69. The first kappa shape index (κ1) is 50.9. The van der Waals surface area contributed by atoms with Crippen molar-refractivity contribution < 1.29 is 37.6 Å². The van der Waals surface area contributed by atoms with Crippen molar-refractivity contribution in [3.63, 3.8) is 0 Å². The Bertz CT molecular complexity index is 1400. The summed E-state index contributed by atoms with van der Waals surface area (Å²) in [6.45, 7) is 10.9. The molecule has 0 amide bonds. The molecule has 0 saturated carbocycles. The highest BCUT2D eigenvalue weighted by Crippen LogP contribution is 2.51. The molecular weight excluding hydrogens is 893 g/mol. The van der Waals surface area contributed by atoms with Crippen LogP contribution >= 0.6 is 81.6 Å². The monoisotopic (exact) mass is 934 g/mol. The number of nitrogens with zero attached hydrogens (tertiary/aromatic N) is 5. The van der Waals surface area contributed by atoms with Crippen molar-refractivity contribution in [3.8, 4) is 0 Å². The fraction of sp³-hybridized carbons (Fsp3) is 0.593. The highest BCUT2D eigenvalue weighted by atomic mass is 79.9. The highest BCUT2D eigenvalue weighted by Gasteiger charge is 2.32. The van der Waals surface area contributed by atoms with Crippen molar-refractivity contribution in [1.82, 2.24) is 14.3 Å². The first-order valence-corrected chi connectivity index (χ1v) is 22.2. The Hall–Kier alpha value is -1.21. The fourth-order valence-corrected chi connectivity index (χ4v) is 9.76. The SMILES string of the molecule is C=O.CC(=O)CC(OP(C)(=O)N(CCCl)CCCl)c1cc([N+](=O)[O-])ccn1.C[N+](=O)[O-].Cc1cc(COP(N)(=O)N(CCBr)CCBr)sc1C. The third kappa shape index (κ3) is 21.3. The minimum atomic E-state index is -3.35. The predicted octanol–water partition coefficient (Wildman–Crippen LogP) is 7.38. The van der Waals surface area contributed by atoms with E-state index in [2.05, 4.69) is 56.8 Å². The molecule has 0 radical (unpaired) electrons. The van der Waals surface area contributed by atoms with Crippen LogP contribution in [0.5, 0.6) is 0 Å². The van der Waals surface area contributed by atoms with Crippen LogP contribution in [0.1, 0.15) is 40.5 Å². The third-order valence-corrected chi connectivity index (χ3v) is 11.9. The van der Waals surface area contributed by atoms with Gasteiger partial charge in [0.15, 0.2) is 7.05 Å². The smallest absolute Gasteiger partial charge is 0.307 e. The van der Waals surface area contributed by atoms with Gasteiger partial charge in [-0.3, -0.25) is 39.1 Å². The predicted molar refractivity (Wildman–Crippen MR) is 206 cm³/mol. The second-order valence-corrected chi connectivity index (χ2v) is 17.9. The summed E-state index contributed by atoms with van der Waals surface area (Å²) in [4.78, 5) is 44.6. The van der Waals surface area contributed by atoms with E-state index < -0.39 is 31.1 Å². The Morgan fingerprint density at radius 3 is 2.00 bits per heavy atom. The molecule has 2 heterocycles. The number of thiophene rings is 1. The molecule has 0 aliphatic carbocycles. The maximum atomic E-state index is 13.0. The molecular formula is C27H44Br2Cl2N6O10P2S. The second-order valence-electron chi connectivity index (χ2n) is 9.89. The van der Waals surface area contributed by atoms with E-state index in [0.717, 1.165) is 11.9 Å². The Labute approximate surface area is 323 Å². The van der Waals surface area contributed by atoms with Gasteiger partial charge in [-0.25, -0.2) is 14.8 Å². The van der Waals surface area contributed by atoms with Crippen LogP contribution in [-0.4, -0.2) is 99.1 Å². The number of nitro groups is 2. The number of carbonyl (C=O) groups is 2. The molecule has 0 aromatic carbocycles. The van der Waals surface area contributed by atoms with Gasteiger partial charge in [0.2, 0.25) is 0 Å². The molecule has 2 aromatic heterocycles. The van der Waals surface area contributed by atoms with Crippen LogP contribution in [0.4, 0.5) is 5.69 Å². The Morgan fingerprint density at radius 1 is 1.08 bits per heavy atom. The van der Waals surface area contributed by atoms with Gasteiger partial charge >= 0.3 is 7.67 Å². The van der Waals surface area contributed by atoms with Crippen LogP contribution in [0, 0.1) is 34.1 Å². The standard InChI is InChI=1S/C14H20Cl2N3O5P.C11H19Br2N2O2PS.CH3NO2.CH2O/c1-11(20)9-14(13-10-12(19(21)22)3-6-17-13)24-25(2,23)18(7-4-15)8-5-16;1-9-7-11(19-10(9)2)8-17-18(14,16)15(5-3-12)6-4-13;1-2(3)4;1-2/h3,6,10,14H,4-5,7-9H2,1-2H3;7H,3-6,8H2,1-2H3,(H2,14,16);1H3;1H2. The van der Waals surface area contributed by atoms with Crippen LogP contribution < -0.4 is 5.50 Å². The van der Waals surface area contributed by atoms with Gasteiger partial charge in [-0.2, -0.15) is 0 Å². The minimum absolute atomic E-state index is 0.110. The van der Waals surface area contributed by atoms with E-state index in [4.69, 9.17) is 52.7 Å². The first-order chi connectivity index (χ1) is 23.3. The van der Waals surface area contributed by atoms with Crippen molar-refractivity contribution in [3.05, 3.63) is 65.6 Å². The third-order valence-electron chi connectivity index (χ3n) is 5.99. The molecule has 3 atom stereocenters. The molecule has 2 aromatic rings. The van der Waals surface area contributed by atoms with Crippen molar-refractivity contribution in [2.24, 2.45) is 5.50 Å². The average molecular weight is 937 g/mol. The largest absolute Gasteiger partial charge is 0.341 e. The second kappa shape index (κ2) is 27.4. The number of ketones is 1. The lowest BCUT2D eigenvalue weighted by Crippen LogP contribution is -2.29. The topological polar surface area (TPSA) is 218 Å². The zero-order valence-corrected chi connectivity index (χ0v) is 35.7. The average Bonchev–Trinajstić information content (AvgIpc) is 3.36. The number of pyridine rings is 1. The number of aryl methyl sites for hydroxylation is 2. The van der Waals surface area contributed by atoms with Crippen LogP contribution in [0.25, 0.3) is 0 Å². The van der Waals surface area contributed by atoms with Gasteiger partial charge < -0.3 is 13.8 Å². The molecule has 0 saturated heterocycles. The molecule has 3 unspecified atom stereocenters. The first-order valence-electron chi connectivity index (χ1n) is 14.4. The number of nitrogens with two attached hydrogens (primary N) is 1. The summed E-state index contributed by atoms with van der Waals surface area (Å²) in [6, 6.07) is 4.49. The van der Waals surface area contributed by atoms with Gasteiger partial charge in [-0.1, -0.05) is 31.9 Å². The van der Waals surface area contributed by atoms with Gasteiger partial charge in [0.25, 0.3) is 13.2 Å². The summed E-state index contributed by atoms with van der Waals surface area (Å²) >= 11 is 19.8. The van der Waals surface area contributed by atoms with E-state index in [1.54, 1.807) is 16.0 Å². The molecule has 0 fully saturated rings. The summed E-state index contributed by atoms with van der Waals surface area (Å²) in [5.41, 5.74) is 7.06. The zero-order valence-electron chi connectivity index (χ0n) is 28.4. The van der Waals surface area contributed by atoms with Crippen molar-refractivity contribution in [2.45, 2.75) is 39.9 Å². The fourth-order valence-electron chi connectivity index (χ4n) is 3.70. The van der Waals surface area contributed by atoms with Crippen molar-refractivity contribution >= 4 is 99.8 Å². The van der Waals surface area contributed by atoms with Crippen LogP contribution in [0.15, 0.2) is 24.4 Å². The Kier molecular flexibility index (Phi) is 27.9. The Balaban J connectivity index is 0. The molecule has 23 heteroatoms. The van der Waals surface area contributed by atoms with Gasteiger partial charge in [0.05, 0.1) is 17.2 Å². The number of hydrogen-bond donors (Lipinski definition) is 1. The van der Waals surface area contributed by atoms with E-state index in [9.17, 15) is 24.0 Å². The number of aromatic nitrogens is 1. The molecule has 50 heavy (non-hydrogen) atoms. The van der Waals surface area contributed by atoms with E-state index in [1.807, 2.05) is 6.79 Å². The number of rotatable bonds is 19. The van der Waals surface area contributed by atoms with Crippen LogP contribution in [0.3, 0.4) is 0 Å². The molecule has 0 aliphatic rings. The number of carbonyl (C=O) groups excluding carboxylic acids is 2. The number of Topliss-reactive ketones (excluding diaryl/α,β-unsaturated/α-hetero) is 1. The quantitative estimate of drug-likeness (QED) is 0.0629. The number of hydrogen-bond acceptors (Lipinski definition) is 12. The van der Waals surface area contributed by atoms with Gasteiger partial charge in [0, 0.05) is 94.7 Å². The molecule has 0 spiro atoms. The summed E-state index contributed by atoms with van der Waals surface area (Å²) in [5, 5.41) is 21.2. The van der Waals surface area contributed by atoms with E-state index in [0.29, 0.717) is 30.4 Å². The molecule has 16 nitrogen and oxygen atoms in total. The number of alkyl halides is 4. The lowest BCUT2D eigenvalue weighted by molar-refractivity contribution is -0.445. The number of halogens is 4. The minimum Gasteiger partial charge on any atom is -0.307 e. The Morgan fingerprint density at radius 2 is 1.60 bits per heavy atom. The van der Waals surface area contributed by atoms with E-state index in [1.165, 1.54) is 47.0 Å². The zero-order chi connectivity index (χ0) is 39.1. The molecule has 0 bridgehead atoms. The summed E-state index contributed by atoms with van der Waals surface area (Å²) in [6.07, 6.45) is 0.169. The van der Waals surface area contributed by atoms with E-state index in [-0.39, 0.29) is 48.4 Å². The maximum Gasteiger partial charge on any atom is 0.341 e. The highest BCUT2D eigenvalue weighted by molar-refractivity contribution is 9.09.